The van der Waals surface area contributed by atoms with Gasteiger partial charge < -0.3 is 10.2 Å². The Labute approximate surface area is 88.1 Å². The van der Waals surface area contributed by atoms with E-state index in [4.69, 9.17) is 0 Å². The molecule has 1 N–H and O–H groups in total. The summed E-state index contributed by atoms with van der Waals surface area (Å²) >= 11 is 0. The first kappa shape index (κ1) is 11.4. The van der Waals surface area contributed by atoms with Crippen molar-refractivity contribution in [2.24, 2.45) is 0 Å². The third kappa shape index (κ3) is 2.65. The van der Waals surface area contributed by atoms with Crippen molar-refractivity contribution in [3.05, 3.63) is 23.6 Å². The number of hydrogen-bond acceptors (Lipinski definition) is 3. The Balaban J connectivity index is 3.12. The Hall–Kier alpha value is -1.65. The van der Waals surface area contributed by atoms with Crippen LogP contribution in [0, 0.1) is 5.82 Å². The first-order valence-corrected chi connectivity index (χ1v) is 4.67. The van der Waals surface area contributed by atoms with Crippen LogP contribution in [-0.4, -0.2) is 36.4 Å². The molecule has 0 aromatic carbocycles. The molecule has 1 aromatic rings. The number of pyridine rings is 1. The molecule has 1 aromatic heterocycles. The van der Waals surface area contributed by atoms with E-state index in [1.54, 1.807) is 14.1 Å². The van der Waals surface area contributed by atoms with Crippen molar-refractivity contribution in [2.75, 3.05) is 26.0 Å². The molecule has 1 heterocycles. The predicted octanol–water partition coefficient (Wildman–Crippen LogP) is 1.35. The van der Waals surface area contributed by atoms with E-state index in [1.807, 2.05) is 6.92 Å². The molecule has 0 saturated heterocycles. The van der Waals surface area contributed by atoms with Crippen LogP contribution in [-0.2, 0) is 0 Å². The van der Waals surface area contributed by atoms with Gasteiger partial charge in [-0.1, -0.05) is 0 Å². The topological polar surface area (TPSA) is 45.2 Å². The second kappa shape index (κ2) is 4.72. The van der Waals surface area contributed by atoms with Crippen molar-refractivity contribution < 1.29 is 9.18 Å². The molecule has 0 aliphatic carbocycles. The Morgan fingerprint density at radius 3 is 2.80 bits per heavy atom. The van der Waals surface area contributed by atoms with Gasteiger partial charge in [-0.05, 0) is 13.0 Å². The van der Waals surface area contributed by atoms with Gasteiger partial charge >= 0.3 is 0 Å². The summed E-state index contributed by atoms with van der Waals surface area (Å²) in [5.41, 5.74) is 0.252. The van der Waals surface area contributed by atoms with Crippen LogP contribution in [0.5, 0.6) is 0 Å². The van der Waals surface area contributed by atoms with Gasteiger partial charge in [0.15, 0.2) is 0 Å². The van der Waals surface area contributed by atoms with Crippen molar-refractivity contribution in [3.8, 4) is 0 Å². The van der Waals surface area contributed by atoms with Crippen LogP contribution in [0.4, 0.5) is 10.2 Å². The summed E-state index contributed by atoms with van der Waals surface area (Å²) < 4.78 is 13.0. The third-order valence-corrected chi connectivity index (χ3v) is 1.84. The summed E-state index contributed by atoms with van der Waals surface area (Å²) in [6.45, 7) is 2.52. The van der Waals surface area contributed by atoms with Gasteiger partial charge in [-0.3, -0.25) is 4.79 Å². The van der Waals surface area contributed by atoms with E-state index in [0.29, 0.717) is 12.4 Å². The summed E-state index contributed by atoms with van der Waals surface area (Å²) in [5, 5.41) is 2.91. The highest BCUT2D eigenvalue weighted by Gasteiger charge is 2.15. The van der Waals surface area contributed by atoms with Crippen molar-refractivity contribution in [3.63, 3.8) is 0 Å². The zero-order valence-electron chi connectivity index (χ0n) is 9.04. The fraction of sp³-hybridized carbons (Fsp3) is 0.400. The van der Waals surface area contributed by atoms with Crippen LogP contribution in [0.1, 0.15) is 17.3 Å². The van der Waals surface area contributed by atoms with Gasteiger partial charge in [0.2, 0.25) is 0 Å². The summed E-state index contributed by atoms with van der Waals surface area (Å²) in [7, 11) is 3.23. The SMILES string of the molecule is CCNc1ncc(F)cc1C(=O)N(C)C. The minimum Gasteiger partial charge on any atom is -0.370 e. The number of nitrogens with one attached hydrogen (secondary N) is 1. The molecule has 0 radical (unpaired) electrons. The molecule has 0 saturated carbocycles. The molecule has 15 heavy (non-hydrogen) atoms. The Morgan fingerprint density at radius 2 is 2.27 bits per heavy atom. The largest absolute Gasteiger partial charge is 0.370 e. The molecule has 1 amide bonds. The minimum atomic E-state index is -0.512. The summed E-state index contributed by atoms with van der Waals surface area (Å²) in [6, 6.07) is 1.19. The lowest BCUT2D eigenvalue weighted by Crippen LogP contribution is -2.23. The predicted molar refractivity (Wildman–Crippen MR) is 56.4 cm³/mol. The fourth-order valence-electron chi connectivity index (χ4n) is 1.15. The van der Waals surface area contributed by atoms with Crippen molar-refractivity contribution in [1.29, 1.82) is 0 Å². The van der Waals surface area contributed by atoms with E-state index in [9.17, 15) is 9.18 Å². The van der Waals surface area contributed by atoms with Crippen LogP contribution in [0.15, 0.2) is 12.3 Å². The average Bonchev–Trinajstić information content (AvgIpc) is 2.20. The molecule has 0 aliphatic heterocycles. The quantitative estimate of drug-likeness (QED) is 0.821. The van der Waals surface area contributed by atoms with E-state index in [0.717, 1.165) is 6.20 Å². The number of anilines is 1. The molecule has 0 atom stereocenters. The number of hydrogen-bond donors (Lipinski definition) is 1. The minimum absolute atomic E-state index is 0.252. The van der Waals surface area contributed by atoms with Crippen LogP contribution in [0.3, 0.4) is 0 Å². The monoisotopic (exact) mass is 211 g/mol. The summed E-state index contributed by atoms with van der Waals surface area (Å²) in [5.74, 6) is -0.364. The highest BCUT2D eigenvalue weighted by Crippen LogP contribution is 2.14. The highest BCUT2D eigenvalue weighted by molar-refractivity contribution is 5.98. The van der Waals surface area contributed by atoms with Gasteiger partial charge in [-0.15, -0.1) is 0 Å². The van der Waals surface area contributed by atoms with E-state index < -0.39 is 5.82 Å². The molecule has 5 heteroatoms. The Bertz CT molecular complexity index is 366. The summed E-state index contributed by atoms with van der Waals surface area (Å²) in [4.78, 5) is 16.9. The van der Waals surface area contributed by atoms with E-state index in [1.165, 1.54) is 11.0 Å². The van der Waals surface area contributed by atoms with Gasteiger partial charge in [-0.2, -0.15) is 0 Å². The smallest absolute Gasteiger partial charge is 0.257 e. The average molecular weight is 211 g/mol. The molecular weight excluding hydrogens is 197 g/mol. The molecule has 0 unspecified atom stereocenters. The molecule has 0 spiro atoms. The zero-order valence-corrected chi connectivity index (χ0v) is 9.04. The van der Waals surface area contributed by atoms with Crippen LogP contribution >= 0.6 is 0 Å². The fourth-order valence-corrected chi connectivity index (χ4v) is 1.15. The van der Waals surface area contributed by atoms with Gasteiger partial charge in [0.25, 0.3) is 5.91 Å². The van der Waals surface area contributed by atoms with E-state index in [-0.39, 0.29) is 11.5 Å². The van der Waals surface area contributed by atoms with E-state index >= 15 is 0 Å². The molecule has 0 aliphatic rings. The lowest BCUT2D eigenvalue weighted by Gasteiger charge is -2.13. The van der Waals surface area contributed by atoms with Crippen LogP contribution < -0.4 is 5.32 Å². The highest BCUT2D eigenvalue weighted by atomic mass is 19.1. The second-order valence-corrected chi connectivity index (χ2v) is 3.28. The number of amides is 1. The molecular formula is C10H14FN3O. The van der Waals surface area contributed by atoms with Crippen molar-refractivity contribution in [1.82, 2.24) is 9.88 Å². The lowest BCUT2D eigenvalue weighted by atomic mass is 10.2. The first-order valence-electron chi connectivity index (χ1n) is 4.67. The van der Waals surface area contributed by atoms with Gasteiger partial charge in [0.05, 0.1) is 11.8 Å². The number of carbonyl (C=O) groups excluding carboxylic acids is 1. The molecule has 0 fully saturated rings. The number of carbonyl (C=O) groups is 1. The second-order valence-electron chi connectivity index (χ2n) is 3.28. The summed E-state index contributed by atoms with van der Waals surface area (Å²) in [6.07, 6.45) is 1.09. The maximum Gasteiger partial charge on any atom is 0.257 e. The number of halogens is 1. The van der Waals surface area contributed by atoms with Crippen molar-refractivity contribution >= 4 is 11.7 Å². The Morgan fingerprint density at radius 1 is 1.60 bits per heavy atom. The standard InChI is InChI=1S/C10H14FN3O/c1-4-12-9-8(10(15)14(2)3)5-7(11)6-13-9/h5-6H,4H2,1-3H3,(H,12,13). The number of nitrogens with zero attached hydrogens (tertiary/aromatic N) is 2. The zero-order chi connectivity index (χ0) is 11.4. The number of aromatic nitrogens is 1. The first-order chi connectivity index (χ1) is 7.06. The van der Waals surface area contributed by atoms with Gasteiger partial charge in [0.1, 0.15) is 11.6 Å². The van der Waals surface area contributed by atoms with Gasteiger partial charge in [0, 0.05) is 20.6 Å². The van der Waals surface area contributed by atoms with Crippen LogP contribution in [0.25, 0.3) is 0 Å². The van der Waals surface area contributed by atoms with Crippen molar-refractivity contribution in [2.45, 2.75) is 6.92 Å². The molecule has 4 nitrogen and oxygen atoms in total. The Kier molecular flexibility index (Phi) is 3.60. The van der Waals surface area contributed by atoms with Crippen LogP contribution in [0.2, 0.25) is 0 Å². The molecule has 0 bridgehead atoms. The third-order valence-electron chi connectivity index (χ3n) is 1.84. The maximum atomic E-state index is 13.0. The normalized spacial score (nSPS) is 9.87. The number of rotatable bonds is 3. The lowest BCUT2D eigenvalue weighted by molar-refractivity contribution is 0.0827. The maximum absolute atomic E-state index is 13.0. The molecule has 82 valence electrons. The van der Waals surface area contributed by atoms with E-state index in [2.05, 4.69) is 10.3 Å². The molecule has 1 rings (SSSR count). The van der Waals surface area contributed by atoms with Gasteiger partial charge in [-0.25, -0.2) is 9.37 Å².